The number of amides is 2. The first kappa shape index (κ1) is 27.0. The number of nitrogens with one attached hydrogen (secondary N) is 1. The Bertz CT molecular complexity index is 1000. The van der Waals surface area contributed by atoms with E-state index >= 15 is 0 Å². The highest BCUT2D eigenvalue weighted by molar-refractivity contribution is 6.34. The van der Waals surface area contributed by atoms with E-state index in [0.717, 1.165) is 0 Å². The van der Waals surface area contributed by atoms with Crippen molar-refractivity contribution in [1.82, 2.24) is 4.90 Å². The van der Waals surface area contributed by atoms with E-state index in [4.69, 9.17) is 17.3 Å². The van der Waals surface area contributed by atoms with Crippen LogP contribution in [0.25, 0.3) is 0 Å². The number of halogens is 1. The van der Waals surface area contributed by atoms with Crippen LogP contribution in [0.3, 0.4) is 0 Å². The Morgan fingerprint density at radius 1 is 1.03 bits per heavy atom. The van der Waals surface area contributed by atoms with E-state index < -0.39 is 17.3 Å². The number of methoxy groups -OCH3 is 1. The van der Waals surface area contributed by atoms with Crippen molar-refractivity contribution in [3.05, 3.63) is 47.8 Å². The predicted molar refractivity (Wildman–Crippen MR) is 134 cm³/mol. The number of ether oxygens (including phenoxy) is 2. The molecule has 182 valence electrons. The third-order valence-electron chi connectivity index (χ3n) is 4.97. The summed E-state index contributed by atoms with van der Waals surface area (Å²) in [6.45, 7) is 11.2. The Labute approximate surface area is 202 Å². The second-order valence-electron chi connectivity index (χ2n) is 8.53. The van der Waals surface area contributed by atoms with Crippen LogP contribution < -0.4 is 20.4 Å². The van der Waals surface area contributed by atoms with Gasteiger partial charge in [0.05, 0.1) is 12.8 Å². The van der Waals surface area contributed by atoms with Crippen molar-refractivity contribution < 1.29 is 23.5 Å². The zero-order chi connectivity index (χ0) is 25.5. The van der Waals surface area contributed by atoms with E-state index in [2.05, 4.69) is 5.32 Å². The van der Waals surface area contributed by atoms with E-state index in [-0.39, 0.29) is 11.7 Å². The van der Waals surface area contributed by atoms with Crippen LogP contribution in [0.1, 0.15) is 45.0 Å². The molecule has 9 heteroatoms. The largest absolute Gasteiger partial charge is 0.497 e. The smallest absolute Gasteiger partial charge is 0.410 e. The third-order valence-corrected chi connectivity index (χ3v) is 4.97. The summed E-state index contributed by atoms with van der Waals surface area (Å²) in [4.78, 5) is 28.2. The van der Waals surface area contributed by atoms with Gasteiger partial charge in [0.15, 0.2) is 0 Å². The van der Waals surface area contributed by atoms with Gasteiger partial charge < -0.3 is 24.6 Å². The van der Waals surface area contributed by atoms with E-state index in [1.165, 1.54) is 13.2 Å². The van der Waals surface area contributed by atoms with Gasteiger partial charge in [-0.3, -0.25) is 4.79 Å². The molecule has 34 heavy (non-hydrogen) atoms. The van der Waals surface area contributed by atoms with Crippen LogP contribution in [0.5, 0.6) is 5.75 Å². The first-order chi connectivity index (χ1) is 16.1. The Kier molecular flexibility index (Phi) is 9.35. The highest BCUT2D eigenvalue weighted by atomic mass is 19.1. The molecule has 2 radical (unpaired) electrons. The molecule has 1 N–H and O–H groups in total. The van der Waals surface area contributed by atoms with Crippen molar-refractivity contribution in [3.8, 4) is 5.75 Å². The normalized spacial score (nSPS) is 13.5. The first-order valence-corrected chi connectivity index (χ1v) is 11.3. The molecule has 1 fully saturated rings. The van der Waals surface area contributed by atoms with Crippen LogP contribution in [0, 0.1) is 5.82 Å². The molecule has 0 aromatic heterocycles. The maximum Gasteiger partial charge on any atom is 0.410 e. The molecule has 1 aliphatic rings. The second-order valence-corrected chi connectivity index (χ2v) is 8.53. The Morgan fingerprint density at radius 3 is 2.24 bits per heavy atom. The highest BCUT2D eigenvalue weighted by Crippen LogP contribution is 2.24. The summed E-state index contributed by atoms with van der Waals surface area (Å²) >= 11 is 0. The Morgan fingerprint density at radius 2 is 1.68 bits per heavy atom. The van der Waals surface area contributed by atoms with Gasteiger partial charge >= 0.3 is 6.09 Å². The molecule has 0 bridgehead atoms. The maximum atomic E-state index is 14.8. The van der Waals surface area contributed by atoms with Gasteiger partial charge in [-0.2, -0.15) is 0 Å². The van der Waals surface area contributed by atoms with Crippen molar-refractivity contribution in [2.24, 2.45) is 0 Å². The van der Waals surface area contributed by atoms with E-state index in [1.54, 1.807) is 35.2 Å². The van der Waals surface area contributed by atoms with Gasteiger partial charge in [-0.1, -0.05) is 25.4 Å². The second kappa shape index (κ2) is 11.8. The molecule has 0 saturated carbocycles. The molecule has 1 heterocycles. The summed E-state index contributed by atoms with van der Waals surface area (Å²) in [5, 5.41) is 2.71. The summed E-state index contributed by atoms with van der Waals surface area (Å²) < 4.78 is 25.4. The van der Waals surface area contributed by atoms with Crippen LogP contribution >= 0.6 is 0 Å². The zero-order valence-electron chi connectivity index (χ0n) is 20.8. The van der Waals surface area contributed by atoms with Gasteiger partial charge in [-0.05, 0) is 45.0 Å². The molecule has 0 atom stereocenters. The summed E-state index contributed by atoms with van der Waals surface area (Å²) in [6, 6.07) is 9.22. The average molecular weight is 469 g/mol. The monoisotopic (exact) mass is 469 g/mol. The van der Waals surface area contributed by atoms with Crippen LogP contribution in [0.2, 0.25) is 0 Å². The van der Waals surface area contributed by atoms with Crippen molar-refractivity contribution in [1.29, 1.82) is 0 Å². The predicted octanol–water partition coefficient (Wildman–Crippen LogP) is 3.96. The lowest BCUT2D eigenvalue weighted by atomic mass is 9.95. The molecule has 2 aromatic carbocycles. The van der Waals surface area contributed by atoms with Crippen LogP contribution in [-0.4, -0.2) is 63.6 Å². The number of benzene rings is 2. The molecule has 2 amide bonds. The van der Waals surface area contributed by atoms with Crippen LogP contribution in [-0.2, 0) is 4.74 Å². The zero-order valence-corrected chi connectivity index (χ0v) is 20.8. The fraction of sp³-hybridized carbons (Fsp3) is 0.440. The molecule has 0 unspecified atom stereocenters. The van der Waals surface area contributed by atoms with Gasteiger partial charge in [0.1, 0.15) is 25.0 Å². The minimum absolute atomic E-state index is 0.189. The molecule has 1 aliphatic heterocycles. The summed E-state index contributed by atoms with van der Waals surface area (Å²) in [7, 11) is 7.27. The van der Waals surface area contributed by atoms with Crippen LogP contribution in [0.15, 0.2) is 36.4 Å². The quantitative estimate of drug-likeness (QED) is 0.687. The first-order valence-electron chi connectivity index (χ1n) is 11.3. The van der Waals surface area contributed by atoms with Gasteiger partial charge in [0, 0.05) is 43.5 Å². The minimum Gasteiger partial charge on any atom is -0.497 e. The molecule has 3 rings (SSSR count). The third kappa shape index (κ3) is 7.14. The Balaban J connectivity index is 0.00000199. The van der Waals surface area contributed by atoms with Gasteiger partial charge in [0.2, 0.25) is 0 Å². The Hall–Kier alpha value is -3.23. The highest BCUT2D eigenvalue weighted by Gasteiger charge is 2.27. The molecule has 7 nitrogen and oxygen atoms in total. The number of hydrogen-bond donors (Lipinski definition) is 1. The lowest BCUT2D eigenvalue weighted by molar-refractivity contribution is 0.0240. The van der Waals surface area contributed by atoms with Crippen molar-refractivity contribution in [3.63, 3.8) is 0 Å². The van der Waals surface area contributed by atoms with E-state index in [9.17, 15) is 14.0 Å². The van der Waals surface area contributed by atoms with Crippen LogP contribution in [0.4, 0.5) is 20.6 Å². The molecule has 0 spiro atoms. The van der Waals surface area contributed by atoms with Gasteiger partial charge in [-0.25, -0.2) is 9.18 Å². The van der Waals surface area contributed by atoms with Gasteiger partial charge in [0.25, 0.3) is 5.91 Å². The number of carbonyl (C=O) groups excluding carboxylic acids is 2. The molecular formula is C25H33BFN3O4. The number of carbonyl (C=O) groups is 2. The molecule has 0 aliphatic carbocycles. The summed E-state index contributed by atoms with van der Waals surface area (Å²) in [6.07, 6.45) is -0.371. The van der Waals surface area contributed by atoms with E-state index in [1.807, 2.05) is 39.5 Å². The van der Waals surface area contributed by atoms with Gasteiger partial charge in [-0.15, -0.1) is 0 Å². The standard InChI is InChI=1S/C23H27BFN3O4.C2H6/c1-23(2,3)32-22(30)28-11-9-27(10-12-28)19-8-5-15(13-18(19)25)21(29)26-16-6-7-17(24)20(14-16)31-4;1-2/h5-8,13-14H,9-12H2,1-4H3,(H,26,29);1-2H3. The summed E-state index contributed by atoms with van der Waals surface area (Å²) in [5.74, 6) is -0.509. The molecule has 1 saturated heterocycles. The van der Waals surface area contributed by atoms with Crippen molar-refractivity contribution in [2.75, 3.05) is 43.5 Å². The fourth-order valence-corrected chi connectivity index (χ4v) is 3.35. The minimum atomic E-state index is -0.561. The SMILES string of the molecule is CC.[B]c1ccc(NC(=O)c2ccc(N3CCN(C(=O)OC(C)(C)C)CC3)c(F)c2)cc1OC. The lowest BCUT2D eigenvalue weighted by Crippen LogP contribution is -2.50. The van der Waals surface area contributed by atoms with E-state index in [0.29, 0.717) is 48.8 Å². The number of nitrogens with zero attached hydrogens (tertiary/aromatic N) is 2. The number of piperazine rings is 1. The lowest BCUT2D eigenvalue weighted by Gasteiger charge is -2.36. The summed E-state index contributed by atoms with van der Waals surface area (Å²) in [5.41, 5.74) is 0.958. The molecular weight excluding hydrogens is 436 g/mol. The number of anilines is 2. The topological polar surface area (TPSA) is 71.1 Å². The average Bonchev–Trinajstić information content (AvgIpc) is 2.80. The van der Waals surface area contributed by atoms with Crippen molar-refractivity contribution in [2.45, 2.75) is 40.2 Å². The number of rotatable bonds is 4. The number of hydrogen-bond acceptors (Lipinski definition) is 5. The fourth-order valence-electron chi connectivity index (χ4n) is 3.35. The molecule has 2 aromatic rings. The van der Waals surface area contributed by atoms with Crippen molar-refractivity contribution >= 4 is 36.7 Å². The maximum absolute atomic E-state index is 14.8.